The van der Waals surface area contributed by atoms with Gasteiger partial charge < -0.3 is 19.9 Å². The maximum absolute atomic E-state index is 11.9. The van der Waals surface area contributed by atoms with Crippen molar-refractivity contribution < 1.29 is 23.8 Å². The van der Waals surface area contributed by atoms with Gasteiger partial charge in [-0.3, -0.25) is 0 Å². The first-order valence-electron chi connectivity index (χ1n) is 6.93. The van der Waals surface area contributed by atoms with Crippen molar-refractivity contribution in [2.75, 3.05) is 18.9 Å². The predicted octanol–water partition coefficient (Wildman–Crippen LogP) is 2.17. The molecule has 0 radical (unpaired) electrons. The highest BCUT2D eigenvalue weighted by molar-refractivity contribution is 5.93. The van der Waals surface area contributed by atoms with Gasteiger partial charge in [-0.25, -0.2) is 9.59 Å². The molecule has 21 heavy (non-hydrogen) atoms. The Labute approximate surface area is 124 Å². The van der Waals surface area contributed by atoms with Gasteiger partial charge in [0.25, 0.3) is 0 Å². The molecule has 6 nitrogen and oxygen atoms in total. The van der Waals surface area contributed by atoms with Crippen LogP contribution in [-0.2, 0) is 14.3 Å². The van der Waals surface area contributed by atoms with Gasteiger partial charge in [-0.15, -0.1) is 0 Å². The molecular formula is C15H21NO5. The number of carbonyl (C=O) groups is 2. The molecule has 0 aliphatic heterocycles. The third kappa shape index (κ3) is 4.66. The molecule has 0 saturated heterocycles. The molecule has 0 aliphatic rings. The first-order valence-corrected chi connectivity index (χ1v) is 6.93. The summed E-state index contributed by atoms with van der Waals surface area (Å²) in [5, 5.41) is 0. The zero-order valence-electron chi connectivity index (χ0n) is 12.5. The molecule has 6 heteroatoms. The predicted molar refractivity (Wildman–Crippen MR) is 78.2 cm³/mol. The number of nitrogen functional groups attached to an aromatic ring is 1. The number of benzene rings is 1. The van der Waals surface area contributed by atoms with Crippen LogP contribution in [0.2, 0.25) is 0 Å². The van der Waals surface area contributed by atoms with Crippen molar-refractivity contribution in [3.05, 3.63) is 23.8 Å². The van der Waals surface area contributed by atoms with Crippen LogP contribution in [0.3, 0.4) is 0 Å². The van der Waals surface area contributed by atoms with Crippen LogP contribution < -0.4 is 10.5 Å². The van der Waals surface area contributed by atoms with E-state index in [-0.39, 0.29) is 24.5 Å². The first-order chi connectivity index (χ1) is 10.0. The van der Waals surface area contributed by atoms with Gasteiger partial charge >= 0.3 is 11.9 Å². The SMILES string of the molecule is CCOC(=O)c1ccc(N)cc1OC(CC)C(=O)OCC. The second-order valence-electron chi connectivity index (χ2n) is 4.24. The number of carbonyl (C=O) groups excluding carboxylic acids is 2. The zero-order chi connectivity index (χ0) is 15.8. The number of hydrogen-bond donors (Lipinski definition) is 1. The van der Waals surface area contributed by atoms with E-state index in [1.165, 1.54) is 12.1 Å². The Bertz CT molecular complexity index is 501. The molecule has 0 spiro atoms. The Balaban J connectivity index is 3.01. The summed E-state index contributed by atoms with van der Waals surface area (Å²) in [4.78, 5) is 23.7. The van der Waals surface area contributed by atoms with E-state index < -0.39 is 18.0 Å². The summed E-state index contributed by atoms with van der Waals surface area (Å²) in [5.41, 5.74) is 6.36. The summed E-state index contributed by atoms with van der Waals surface area (Å²) in [7, 11) is 0. The van der Waals surface area contributed by atoms with E-state index in [1.54, 1.807) is 26.8 Å². The van der Waals surface area contributed by atoms with Crippen LogP contribution in [0.5, 0.6) is 5.75 Å². The second-order valence-corrected chi connectivity index (χ2v) is 4.24. The maximum atomic E-state index is 11.9. The zero-order valence-corrected chi connectivity index (χ0v) is 12.5. The number of nitrogens with two attached hydrogens (primary N) is 1. The van der Waals surface area contributed by atoms with E-state index in [0.717, 1.165) is 0 Å². The van der Waals surface area contributed by atoms with Crippen LogP contribution in [-0.4, -0.2) is 31.3 Å². The Kier molecular flexibility index (Phi) is 6.52. The number of esters is 2. The summed E-state index contributed by atoms with van der Waals surface area (Å²) < 4.78 is 15.5. The first kappa shape index (κ1) is 16.8. The lowest BCUT2D eigenvalue weighted by atomic mass is 10.1. The molecule has 1 rings (SSSR count). The molecule has 2 N–H and O–H groups in total. The standard InChI is InChI=1S/C15H21NO5/c1-4-12(15(18)20-6-3)21-13-9-10(16)7-8-11(13)14(17)19-5-2/h7-9,12H,4-6,16H2,1-3H3. The molecule has 1 aromatic carbocycles. The molecule has 0 saturated carbocycles. The van der Waals surface area contributed by atoms with Gasteiger partial charge in [0.2, 0.25) is 0 Å². The minimum Gasteiger partial charge on any atom is -0.478 e. The van der Waals surface area contributed by atoms with Gasteiger partial charge in [0, 0.05) is 11.8 Å². The Morgan fingerprint density at radius 1 is 1.14 bits per heavy atom. The Morgan fingerprint density at radius 3 is 2.38 bits per heavy atom. The highest BCUT2D eigenvalue weighted by Crippen LogP contribution is 2.25. The van der Waals surface area contributed by atoms with Crippen LogP contribution >= 0.6 is 0 Å². The van der Waals surface area contributed by atoms with E-state index in [9.17, 15) is 9.59 Å². The molecule has 0 bridgehead atoms. The second kappa shape index (κ2) is 8.14. The molecule has 116 valence electrons. The van der Waals surface area contributed by atoms with Crippen molar-refractivity contribution in [1.82, 2.24) is 0 Å². The van der Waals surface area contributed by atoms with Crippen molar-refractivity contribution >= 4 is 17.6 Å². The Morgan fingerprint density at radius 2 is 1.81 bits per heavy atom. The van der Waals surface area contributed by atoms with E-state index in [0.29, 0.717) is 12.1 Å². The number of ether oxygens (including phenoxy) is 3. The van der Waals surface area contributed by atoms with Gasteiger partial charge in [0.1, 0.15) is 11.3 Å². The molecule has 0 fully saturated rings. The smallest absolute Gasteiger partial charge is 0.347 e. The van der Waals surface area contributed by atoms with Crippen molar-refractivity contribution in [2.45, 2.75) is 33.3 Å². The summed E-state index contributed by atoms with van der Waals surface area (Å²) in [6, 6.07) is 4.58. The maximum Gasteiger partial charge on any atom is 0.347 e. The van der Waals surface area contributed by atoms with Crippen LogP contribution in [0.15, 0.2) is 18.2 Å². The van der Waals surface area contributed by atoms with Crippen LogP contribution in [0, 0.1) is 0 Å². The monoisotopic (exact) mass is 295 g/mol. The Hall–Kier alpha value is -2.24. The van der Waals surface area contributed by atoms with Crippen molar-refractivity contribution in [2.24, 2.45) is 0 Å². The van der Waals surface area contributed by atoms with Crippen molar-refractivity contribution in [3.8, 4) is 5.75 Å². The molecule has 0 aliphatic carbocycles. The van der Waals surface area contributed by atoms with Gasteiger partial charge in [0.15, 0.2) is 6.10 Å². The van der Waals surface area contributed by atoms with E-state index in [2.05, 4.69) is 0 Å². The molecular weight excluding hydrogens is 274 g/mol. The number of hydrogen-bond acceptors (Lipinski definition) is 6. The summed E-state index contributed by atoms with van der Waals surface area (Å²) in [6.07, 6.45) is -0.379. The topological polar surface area (TPSA) is 87.9 Å². The van der Waals surface area contributed by atoms with Gasteiger partial charge in [-0.1, -0.05) is 6.92 Å². The lowest BCUT2D eigenvalue weighted by Gasteiger charge is -2.18. The summed E-state index contributed by atoms with van der Waals surface area (Å²) in [6.45, 7) is 5.73. The summed E-state index contributed by atoms with van der Waals surface area (Å²) in [5.74, 6) is -0.781. The van der Waals surface area contributed by atoms with Gasteiger partial charge in [-0.05, 0) is 32.4 Å². The normalized spacial score (nSPS) is 11.6. The lowest BCUT2D eigenvalue weighted by Crippen LogP contribution is -2.29. The van der Waals surface area contributed by atoms with Crippen molar-refractivity contribution in [1.29, 1.82) is 0 Å². The van der Waals surface area contributed by atoms with Crippen LogP contribution in [0.25, 0.3) is 0 Å². The summed E-state index contributed by atoms with van der Waals surface area (Å²) >= 11 is 0. The third-order valence-corrected chi connectivity index (χ3v) is 2.69. The highest BCUT2D eigenvalue weighted by atomic mass is 16.6. The largest absolute Gasteiger partial charge is 0.478 e. The molecule has 0 aromatic heterocycles. The minimum atomic E-state index is -0.792. The van der Waals surface area contributed by atoms with Crippen LogP contribution in [0.4, 0.5) is 5.69 Å². The van der Waals surface area contributed by atoms with Crippen molar-refractivity contribution in [3.63, 3.8) is 0 Å². The minimum absolute atomic E-state index is 0.216. The van der Waals surface area contributed by atoms with Crippen LogP contribution in [0.1, 0.15) is 37.6 Å². The third-order valence-electron chi connectivity index (χ3n) is 2.69. The lowest BCUT2D eigenvalue weighted by molar-refractivity contribution is -0.151. The fraction of sp³-hybridized carbons (Fsp3) is 0.467. The fourth-order valence-corrected chi connectivity index (χ4v) is 1.70. The number of anilines is 1. The van der Waals surface area contributed by atoms with E-state index >= 15 is 0 Å². The molecule has 1 aromatic rings. The molecule has 0 amide bonds. The highest BCUT2D eigenvalue weighted by Gasteiger charge is 2.23. The van der Waals surface area contributed by atoms with Gasteiger partial charge in [0.05, 0.1) is 13.2 Å². The molecule has 1 unspecified atom stereocenters. The molecule has 0 heterocycles. The average molecular weight is 295 g/mol. The fourth-order valence-electron chi connectivity index (χ4n) is 1.70. The van der Waals surface area contributed by atoms with E-state index in [1.807, 2.05) is 0 Å². The number of rotatable bonds is 7. The molecule has 1 atom stereocenters. The van der Waals surface area contributed by atoms with Gasteiger partial charge in [-0.2, -0.15) is 0 Å². The van der Waals surface area contributed by atoms with E-state index in [4.69, 9.17) is 19.9 Å². The average Bonchev–Trinajstić information content (AvgIpc) is 2.45. The quantitative estimate of drug-likeness (QED) is 0.612.